The Hall–Kier alpha value is -2.47. The molecule has 0 bridgehead atoms. The minimum absolute atomic E-state index is 0.0591. The number of nitrogens with one attached hydrogen (secondary N) is 2. The smallest absolute Gasteiger partial charge is 0.381 e. The standard InChI is InChI=1S/C18H17ClN4O5S2/c1-27-13-10(20-9-3-2-4-11(9)24)7-12(28-17(13)26)15(25)21-18-23-22-16(30-18)14-8(19)5-6-29-14/h5-7,9,11,20,24H,2-4H2,1H3,(H,21,23,25)/t9-,11+/m0/s1. The summed E-state index contributed by atoms with van der Waals surface area (Å²) in [4.78, 5) is 25.7. The van der Waals surface area contributed by atoms with Crippen molar-refractivity contribution < 1.29 is 19.1 Å². The number of amides is 1. The van der Waals surface area contributed by atoms with Gasteiger partial charge in [-0.2, -0.15) is 0 Å². The number of rotatable bonds is 6. The number of methoxy groups -OCH3 is 1. The molecule has 3 N–H and O–H groups in total. The molecule has 9 nitrogen and oxygen atoms in total. The molecular weight excluding hydrogens is 452 g/mol. The minimum Gasteiger partial charge on any atom is -0.488 e. The van der Waals surface area contributed by atoms with Crippen LogP contribution in [0.2, 0.25) is 5.02 Å². The number of anilines is 2. The monoisotopic (exact) mass is 468 g/mol. The number of ether oxygens (including phenoxy) is 1. The Morgan fingerprint density at radius 1 is 1.40 bits per heavy atom. The van der Waals surface area contributed by atoms with Gasteiger partial charge >= 0.3 is 5.63 Å². The molecule has 158 valence electrons. The second-order valence-corrected chi connectivity index (χ2v) is 8.86. The summed E-state index contributed by atoms with van der Waals surface area (Å²) in [6.45, 7) is 0. The molecule has 0 saturated heterocycles. The van der Waals surface area contributed by atoms with E-state index in [0.717, 1.165) is 29.1 Å². The van der Waals surface area contributed by atoms with Crippen LogP contribution < -0.4 is 21.0 Å². The van der Waals surface area contributed by atoms with Crippen LogP contribution in [0, 0.1) is 0 Å². The van der Waals surface area contributed by atoms with Crippen LogP contribution in [0.15, 0.2) is 26.7 Å². The maximum Gasteiger partial charge on any atom is 0.381 e. The van der Waals surface area contributed by atoms with E-state index < -0.39 is 17.6 Å². The number of aliphatic hydroxyl groups is 1. The van der Waals surface area contributed by atoms with Crippen LogP contribution in [-0.2, 0) is 0 Å². The molecule has 3 aromatic rings. The number of aliphatic hydroxyl groups excluding tert-OH is 1. The number of thiophene rings is 1. The summed E-state index contributed by atoms with van der Waals surface area (Å²) in [5.41, 5.74) is -0.517. The van der Waals surface area contributed by atoms with Crippen molar-refractivity contribution in [3.8, 4) is 15.6 Å². The van der Waals surface area contributed by atoms with E-state index in [2.05, 4.69) is 20.8 Å². The maximum atomic E-state index is 12.6. The summed E-state index contributed by atoms with van der Waals surface area (Å²) in [5.74, 6) is -0.942. The molecule has 0 radical (unpaired) electrons. The zero-order valence-corrected chi connectivity index (χ0v) is 18.1. The van der Waals surface area contributed by atoms with Gasteiger partial charge in [-0.25, -0.2) is 4.79 Å². The summed E-state index contributed by atoms with van der Waals surface area (Å²) in [7, 11) is 1.33. The second-order valence-electron chi connectivity index (χ2n) is 6.56. The van der Waals surface area contributed by atoms with Crippen molar-refractivity contribution in [1.29, 1.82) is 0 Å². The Balaban J connectivity index is 1.56. The lowest BCUT2D eigenvalue weighted by Crippen LogP contribution is -2.29. The van der Waals surface area contributed by atoms with Gasteiger partial charge in [-0.15, -0.1) is 21.5 Å². The predicted molar refractivity (Wildman–Crippen MR) is 115 cm³/mol. The van der Waals surface area contributed by atoms with Crippen molar-refractivity contribution in [1.82, 2.24) is 10.2 Å². The topological polar surface area (TPSA) is 127 Å². The molecule has 2 atom stereocenters. The molecule has 0 unspecified atom stereocenters. The third-order valence-corrected chi connectivity index (χ3v) is 6.95. The number of nitrogens with zero attached hydrogens (tertiary/aromatic N) is 2. The van der Waals surface area contributed by atoms with E-state index in [1.54, 1.807) is 6.07 Å². The number of carbonyl (C=O) groups excluding carboxylic acids is 1. The molecule has 3 heterocycles. The molecule has 4 rings (SSSR count). The Morgan fingerprint density at radius 2 is 2.23 bits per heavy atom. The van der Waals surface area contributed by atoms with Crippen LogP contribution >= 0.6 is 34.3 Å². The van der Waals surface area contributed by atoms with Crippen LogP contribution in [0.5, 0.6) is 5.75 Å². The molecule has 1 aliphatic rings. The summed E-state index contributed by atoms with van der Waals surface area (Å²) >= 11 is 8.67. The second kappa shape index (κ2) is 8.72. The van der Waals surface area contributed by atoms with E-state index in [1.165, 1.54) is 24.5 Å². The predicted octanol–water partition coefficient (Wildman–Crippen LogP) is 3.46. The number of aromatic nitrogens is 2. The normalized spacial score (nSPS) is 18.4. The van der Waals surface area contributed by atoms with E-state index in [0.29, 0.717) is 16.5 Å². The summed E-state index contributed by atoms with van der Waals surface area (Å²) in [6, 6.07) is 2.89. The van der Waals surface area contributed by atoms with Crippen molar-refractivity contribution in [3.05, 3.63) is 38.7 Å². The molecule has 3 aromatic heterocycles. The molecule has 0 aromatic carbocycles. The third-order valence-electron chi connectivity index (χ3n) is 4.61. The number of carbonyl (C=O) groups is 1. The zero-order valence-electron chi connectivity index (χ0n) is 15.7. The van der Waals surface area contributed by atoms with Crippen molar-refractivity contribution in [3.63, 3.8) is 0 Å². The summed E-state index contributed by atoms with van der Waals surface area (Å²) in [6.07, 6.45) is 1.74. The first-order chi connectivity index (χ1) is 14.5. The molecule has 1 amide bonds. The molecule has 0 spiro atoms. The van der Waals surface area contributed by atoms with Gasteiger partial charge in [0.1, 0.15) is 0 Å². The summed E-state index contributed by atoms with van der Waals surface area (Å²) in [5, 5.41) is 26.9. The fourth-order valence-electron chi connectivity index (χ4n) is 3.17. The minimum atomic E-state index is -0.802. The molecule has 1 fully saturated rings. The van der Waals surface area contributed by atoms with E-state index in [1.807, 2.05) is 5.38 Å². The SMILES string of the molecule is COc1c(N[C@H]2CCC[C@H]2O)cc(C(=O)Nc2nnc(-c3sccc3Cl)s2)oc1=O. The lowest BCUT2D eigenvalue weighted by atomic mass is 10.2. The van der Waals surface area contributed by atoms with Gasteiger partial charge in [0.15, 0.2) is 10.8 Å². The highest BCUT2D eigenvalue weighted by molar-refractivity contribution is 7.23. The first-order valence-electron chi connectivity index (χ1n) is 9.01. The van der Waals surface area contributed by atoms with Crippen LogP contribution in [-0.4, -0.2) is 40.5 Å². The Morgan fingerprint density at radius 3 is 2.90 bits per heavy atom. The number of hydrogen-bond acceptors (Lipinski definition) is 10. The first kappa shape index (κ1) is 20.8. The molecule has 1 saturated carbocycles. The highest BCUT2D eigenvalue weighted by atomic mass is 35.5. The largest absolute Gasteiger partial charge is 0.488 e. The molecule has 0 aliphatic heterocycles. The molecular formula is C18H17ClN4O5S2. The highest BCUT2D eigenvalue weighted by Crippen LogP contribution is 2.36. The molecule has 30 heavy (non-hydrogen) atoms. The fourth-order valence-corrected chi connectivity index (χ4v) is 5.22. The average Bonchev–Trinajstić information content (AvgIpc) is 3.44. The van der Waals surface area contributed by atoms with Gasteiger partial charge in [0.2, 0.25) is 10.9 Å². The lowest BCUT2D eigenvalue weighted by molar-refractivity contribution is 0.0991. The lowest BCUT2D eigenvalue weighted by Gasteiger charge is -2.19. The molecule has 1 aliphatic carbocycles. The highest BCUT2D eigenvalue weighted by Gasteiger charge is 2.27. The van der Waals surface area contributed by atoms with Gasteiger partial charge in [-0.05, 0) is 30.7 Å². The van der Waals surface area contributed by atoms with Gasteiger partial charge in [0, 0.05) is 6.07 Å². The first-order valence-corrected chi connectivity index (χ1v) is 11.1. The third kappa shape index (κ3) is 4.19. The van der Waals surface area contributed by atoms with Gasteiger partial charge < -0.3 is 19.6 Å². The maximum absolute atomic E-state index is 12.6. The number of hydrogen-bond donors (Lipinski definition) is 3. The van der Waals surface area contributed by atoms with E-state index in [9.17, 15) is 14.7 Å². The van der Waals surface area contributed by atoms with E-state index in [-0.39, 0.29) is 28.4 Å². The van der Waals surface area contributed by atoms with Crippen molar-refractivity contribution in [2.24, 2.45) is 0 Å². The van der Waals surface area contributed by atoms with Crippen molar-refractivity contribution >= 4 is 51.0 Å². The van der Waals surface area contributed by atoms with Gasteiger partial charge in [-0.1, -0.05) is 22.9 Å². The van der Waals surface area contributed by atoms with Crippen molar-refractivity contribution in [2.45, 2.75) is 31.4 Å². The van der Waals surface area contributed by atoms with Gasteiger partial charge in [-0.3, -0.25) is 10.1 Å². The Bertz CT molecular complexity index is 1130. The van der Waals surface area contributed by atoms with E-state index in [4.69, 9.17) is 20.8 Å². The Kier molecular flexibility index (Phi) is 6.04. The van der Waals surface area contributed by atoms with Gasteiger partial charge in [0.05, 0.1) is 34.8 Å². The van der Waals surface area contributed by atoms with Crippen LogP contribution in [0.3, 0.4) is 0 Å². The van der Waals surface area contributed by atoms with Crippen molar-refractivity contribution in [2.75, 3.05) is 17.7 Å². The van der Waals surface area contributed by atoms with Crippen LogP contribution in [0.25, 0.3) is 9.88 Å². The summed E-state index contributed by atoms with van der Waals surface area (Å²) < 4.78 is 10.2. The number of halogens is 1. The zero-order chi connectivity index (χ0) is 21.3. The Labute approximate surface area is 183 Å². The average molecular weight is 469 g/mol. The molecule has 12 heteroatoms. The quantitative estimate of drug-likeness (QED) is 0.502. The van der Waals surface area contributed by atoms with Crippen LogP contribution in [0.4, 0.5) is 10.8 Å². The fraction of sp³-hybridized carbons (Fsp3) is 0.333. The van der Waals surface area contributed by atoms with Crippen LogP contribution in [0.1, 0.15) is 29.8 Å². The van der Waals surface area contributed by atoms with Gasteiger partial charge in [0.25, 0.3) is 5.91 Å². The van der Waals surface area contributed by atoms with E-state index >= 15 is 0 Å².